The van der Waals surface area contributed by atoms with E-state index in [4.69, 9.17) is 11.5 Å². The summed E-state index contributed by atoms with van der Waals surface area (Å²) in [6.07, 6.45) is -0.934. The maximum absolute atomic E-state index is 13.7. The zero-order valence-corrected chi connectivity index (χ0v) is 30.7. The van der Waals surface area contributed by atoms with E-state index < -0.39 is 24.7 Å². The van der Waals surface area contributed by atoms with Gasteiger partial charge in [0.25, 0.3) is 6.43 Å². The molecule has 0 aliphatic carbocycles. The molecule has 0 atom stereocenters. The second-order valence-electron chi connectivity index (χ2n) is 12.1. The van der Waals surface area contributed by atoms with Crippen LogP contribution in [0.15, 0.2) is 108 Å². The molecule has 0 fully saturated rings. The molecule has 13 nitrogen and oxygen atoms in total. The maximum atomic E-state index is 13.7. The van der Waals surface area contributed by atoms with E-state index >= 15 is 0 Å². The molecule has 4 aromatic heterocycles. The lowest BCUT2D eigenvalue weighted by atomic mass is 10.3. The van der Waals surface area contributed by atoms with Crippen molar-refractivity contribution in [2.24, 2.45) is 0 Å². The quantitative estimate of drug-likeness (QED) is 0.0766. The number of nitrogen functional groups attached to an aromatic ring is 2. The minimum atomic E-state index is -2.99. The first kappa shape index (κ1) is 38.3. The minimum absolute atomic E-state index is 0.0420. The molecule has 0 radical (unpaired) electrons. The van der Waals surface area contributed by atoms with Crippen molar-refractivity contribution in [3.05, 3.63) is 121 Å². The number of alkyl halides is 4. The Morgan fingerprint density at radius 2 is 1.23 bits per heavy atom. The van der Waals surface area contributed by atoms with Gasteiger partial charge < -0.3 is 26.8 Å². The number of aromatic nitrogens is 8. The largest absolute Gasteiger partial charge is 0.435 e. The number of thioether (sulfide) groups is 1. The molecule has 0 aliphatic rings. The molecule has 4 aromatic carbocycles. The smallest absolute Gasteiger partial charge is 0.387 e. The molecule has 57 heavy (non-hydrogen) atoms. The molecular formula is C38H31F5N12OS. The molecule has 8 rings (SSSR count). The topological polar surface area (TPSA) is 173 Å². The van der Waals surface area contributed by atoms with Gasteiger partial charge in [-0.15, -0.1) is 11.8 Å². The Kier molecular flexibility index (Phi) is 11.0. The number of benzene rings is 4. The summed E-state index contributed by atoms with van der Waals surface area (Å²) >= 11 is 1.71. The Hall–Kier alpha value is -7.02. The normalized spacial score (nSPS) is 11.2. The predicted octanol–water partition coefficient (Wildman–Crippen LogP) is 8.99. The van der Waals surface area contributed by atoms with Crippen LogP contribution in [0.1, 0.15) is 18.1 Å². The Morgan fingerprint density at radius 3 is 1.82 bits per heavy atom. The predicted molar refractivity (Wildman–Crippen MR) is 210 cm³/mol. The van der Waals surface area contributed by atoms with E-state index in [0.717, 1.165) is 39.2 Å². The zero-order valence-electron chi connectivity index (χ0n) is 29.9. The number of anilines is 6. The number of aryl methyl sites for hydroxylation is 1. The van der Waals surface area contributed by atoms with Crippen molar-refractivity contribution < 1.29 is 26.7 Å². The molecule has 0 bridgehead atoms. The average molecular weight is 799 g/mol. The summed E-state index contributed by atoms with van der Waals surface area (Å²) < 4.78 is 72.5. The van der Waals surface area contributed by atoms with Gasteiger partial charge in [0.05, 0.1) is 22.1 Å². The van der Waals surface area contributed by atoms with E-state index in [1.165, 1.54) is 41.3 Å². The Labute approximate surface area is 325 Å². The first-order chi connectivity index (χ1) is 27.4. The lowest BCUT2D eigenvalue weighted by molar-refractivity contribution is -0.0498. The summed E-state index contributed by atoms with van der Waals surface area (Å²) in [6.45, 7) is -1.03. The van der Waals surface area contributed by atoms with Gasteiger partial charge in [-0.3, -0.25) is 9.13 Å². The monoisotopic (exact) mass is 798 g/mol. The molecule has 19 heteroatoms. The number of nitrogens with two attached hydrogens (primary N) is 2. The van der Waals surface area contributed by atoms with E-state index in [1.807, 2.05) is 47.9 Å². The highest BCUT2D eigenvalue weighted by Crippen LogP contribution is 2.29. The van der Waals surface area contributed by atoms with E-state index in [-0.39, 0.29) is 34.4 Å². The molecule has 4 heterocycles. The second-order valence-corrected chi connectivity index (χ2v) is 12.9. The van der Waals surface area contributed by atoms with Crippen LogP contribution in [-0.4, -0.2) is 51.9 Å². The lowest BCUT2D eigenvalue weighted by Gasteiger charge is -2.12. The van der Waals surface area contributed by atoms with Crippen molar-refractivity contribution in [2.75, 3.05) is 28.4 Å². The average Bonchev–Trinajstić information content (AvgIpc) is 3.72. The summed E-state index contributed by atoms with van der Waals surface area (Å²) in [6, 6.07) is 28.0. The van der Waals surface area contributed by atoms with Crippen molar-refractivity contribution >= 4 is 68.5 Å². The molecule has 8 aromatic rings. The molecule has 0 unspecified atom stereocenters. The molecule has 0 amide bonds. The Bertz CT molecular complexity index is 2670. The molecule has 6 N–H and O–H groups in total. The summed E-state index contributed by atoms with van der Waals surface area (Å²) in [4.78, 5) is 26.8. The maximum Gasteiger partial charge on any atom is 0.387 e. The fourth-order valence-electron chi connectivity index (χ4n) is 5.75. The van der Waals surface area contributed by atoms with Gasteiger partial charge in [-0.2, -0.15) is 28.7 Å². The molecular weight excluding hydrogens is 768 g/mol. The van der Waals surface area contributed by atoms with Crippen molar-refractivity contribution in [1.82, 2.24) is 39.0 Å². The van der Waals surface area contributed by atoms with Gasteiger partial charge in [-0.1, -0.05) is 12.1 Å². The number of imidazole rings is 2. The summed E-state index contributed by atoms with van der Waals surface area (Å²) in [5, 5.41) is 6.16. The molecule has 0 aliphatic heterocycles. The third-order valence-electron chi connectivity index (χ3n) is 8.15. The number of ether oxygens (including phenoxy) is 1. The number of hydrogen-bond donors (Lipinski definition) is 4. The highest BCUT2D eigenvalue weighted by atomic mass is 32.2. The lowest BCUT2D eigenvalue weighted by Crippen LogP contribution is -2.09. The van der Waals surface area contributed by atoms with Gasteiger partial charge >= 0.3 is 6.61 Å². The van der Waals surface area contributed by atoms with E-state index in [0.29, 0.717) is 23.3 Å². The SMILES string of the molecule is CSc1ccc(Nc2cc(N)nc(-n3c(C)nc4ccccc43)n2)cc1.Nc1cc(Nc2ccc(OC(F)F)cc2)nc(-n2c(C(F)F)nc3ccc(F)cc32)n1. The van der Waals surface area contributed by atoms with Gasteiger partial charge in [0.1, 0.15) is 40.7 Å². The Morgan fingerprint density at radius 1 is 0.649 bits per heavy atom. The van der Waals surface area contributed by atoms with E-state index in [9.17, 15) is 22.0 Å². The summed E-state index contributed by atoms with van der Waals surface area (Å²) in [5.41, 5.74) is 15.2. The van der Waals surface area contributed by atoms with Crippen LogP contribution in [0.4, 0.5) is 56.6 Å². The van der Waals surface area contributed by atoms with Crippen LogP contribution in [0.3, 0.4) is 0 Å². The Balaban J connectivity index is 0.000000177. The number of nitrogens with zero attached hydrogens (tertiary/aromatic N) is 8. The van der Waals surface area contributed by atoms with Crippen molar-refractivity contribution in [2.45, 2.75) is 24.9 Å². The highest BCUT2D eigenvalue weighted by Gasteiger charge is 2.23. The minimum Gasteiger partial charge on any atom is -0.435 e. The van der Waals surface area contributed by atoms with Gasteiger partial charge in [0, 0.05) is 34.5 Å². The van der Waals surface area contributed by atoms with Crippen LogP contribution in [0, 0.1) is 12.7 Å². The molecule has 0 saturated heterocycles. The number of nitrogens with one attached hydrogen (secondary N) is 2. The molecule has 0 spiro atoms. The van der Waals surface area contributed by atoms with Gasteiger partial charge in [0.2, 0.25) is 11.9 Å². The number of rotatable bonds is 10. The number of halogens is 5. The molecule has 290 valence electrons. The van der Waals surface area contributed by atoms with Crippen LogP contribution >= 0.6 is 11.8 Å². The first-order valence-electron chi connectivity index (χ1n) is 16.9. The number of fused-ring (bicyclic) bond motifs is 2. The molecule has 0 saturated carbocycles. The first-order valence-corrected chi connectivity index (χ1v) is 18.1. The van der Waals surface area contributed by atoms with Crippen LogP contribution in [0.5, 0.6) is 5.75 Å². The fraction of sp³-hybridized carbons (Fsp3) is 0.105. The van der Waals surface area contributed by atoms with E-state index in [1.54, 1.807) is 17.8 Å². The van der Waals surface area contributed by atoms with Crippen molar-refractivity contribution in [3.63, 3.8) is 0 Å². The third kappa shape index (κ3) is 8.78. The zero-order chi connectivity index (χ0) is 40.2. The van der Waals surface area contributed by atoms with Gasteiger partial charge in [-0.25, -0.2) is 23.1 Å². The summed E-state index contributed by atoms with van der Waals surface area (Å²) in [5.74, 6) is 0.810. The standard InChI is InChI=1S/C19H13F5N6O.C19H18N6S/c20-9-1-6-12-13(7-9)30(17(27-12)16(21)22)19-28-14(25)8-15(29-19)26-10-2-4-11(5-3-10)31-18(23)24;1-12-21-15-5-3-4-6-16(15)25(12)19-23-17(20)11-18(24-19)22-13-7-9-14(26-2)10-8-13/h1-8,16,18H,(H3,25,26,28,29);3-11H,1-2H3,(H3,20,22,23,24). The number of hydrogen-bond acceptors (Lipinski definition) is 12. The third-order valence-corrected chi connectivity index (χ3v) is 8.89. The van der Waals surface area contributed by atoms with Crippen molar-refractivity contribution in [1.29, 1.82) is 0 Å². The summed E-state index contributed by atoms with van der Waals surface area (Å²) in [7, 11) is 0. The van der Waals surface area contributed by atoms with Crippen molar-refractivity contribution in [3.8, 4) is 17.6 Å². The van der Waals surface area contributed by atoms with Gasteiger partial charge in [-0.05, 0) is 86.0 Å². The fourth-order valence-corrected chi connectivity index (χ4v) is 6.15. The van der Waals surface area contributed by atoms with E-state index in [2.05, 4.69) is 63.7 Å². The van der Waals surface area contributed by atoms with Crippen LogP contribution in [0.25, 0.3) is 34.0 Å². The second kappa shape index (κ2) is 16.4. The number of para-hydroxylation sites is 2. The van der Waals surface area contributed by atoms with Crippen LogP contribution < -0.4 is 26.8 Å². The highest BCUT2D eigenvalue weighted by molar-refractivity contribution is 7.98. The van der Waals surface area contributed by atoms with Crippen LogP contribution in [0.2, 0.25) is 0 Å². The van der Waals surface area contributed by atoms with Gasteiger partial charge in [0.15, 0.2) is 5.82 Å². The van der Waals surface area contributed by atoms with Crippen LogP contribution in [-0.2, 0) is 0 Å².